The quantitative estimate of drug-likeness (QED) is 0.732. The van der Waals surface area contributed by atoms with Crippen LogP contribution in [-0.4, -0.2) is 21.3 Å². The minimum atomic E-state index is -1.05. The molecular weight excluding hydrogens is 292 g/mol. The molecule has 1 aromatic rings. The third-order valence-electron chi connectivity index (χ3n) is 3.75. The second kappa shape index (κ2) is 6.36. The molecule has 0 aliphatic rings. The number of carbonyl (C=O) groups is 1. The van der Waals surface area contributed by atoms with E-state index in [1.807, 2.05) is 41.5 Å². The van der Waals surface area contributed by atoms with E-state index in [1.165, 1.54) is 6.08 Å². The fourth-order valence-corrected chi connectivity index (χ4v) is 2.79. The topological polar surface area (TPSA) is 77.8 Å². The first-order valence-corrected chi connectivity index (χ1v) is 7.76. The molecule has 0 aliphatic carbocycles. The lowest BCUT2D eigenvalue weighted by Gasteiger charge is -2.31. The van der Waals surface area contributed by atoms with Crippen molar-refractivity contribution in [1.29, 1.82) is 0 Å². The van der Waals surface area contributed by atoms with E-state index < -0.39 is 17.5 Å². The molecule has 0 fully saturated rings. The second-order valence-corrected chi connectivity index (χ2v) is 8.00. The van der Waals surface area contributed by atoms with Crippen molar-refractivity contribution in [1.82, 2.24) is 0 Å². The van der Waals surface area contributed by atoms with Crippen LogP contribution in [0, 0.1) is 0 Å². The number of hydrogen-bond donors (Lipinski definition) is 3. The molecule has 1 rings (SSSR count). The molecule has 0 saturated carbocycles. The van der Waals surface area contributed by atoms with Crippen molar-refractivity contribution >= 4 is 12.0 Å². The third-order valence-corrected chi connectivity index (χ3v) is 3.75. The molecule has 0 bridgehead atoms. The van der Waals surface area contributed by atoms with Crippen LogP contribution >= 0.6 is 0 Å². The van der Waals surface area contributed by atoms with Gasteiger partial charge >= 0.3 is 5.97 Å². The van der Waals surface area contributed by atoms with Crippen LogP contribution in [0.5, 0.6) is 5.75 Å². The Hall–Kier alpha value is -1.81. The molecular formula is C19H28O4. The summed E-state index contributed by atoms with van der Waals surface area (Å²) in [6.07, 6.45) is 1.71. The predicted molar refractivity (Wildman–Crippen MR) is 92.8 cm³/mol. The van der Waals surface area contributed by atoms with Gasteiger partial charge in [-0.2, -0.15) is 0 Å². The van der Waals surface area contributed by atoms with Crippen LogP contribution in [0.1, 0.15) is 76.8 Å². The average Bonchev–Trinajstić information content (AvgIpc) is 2.32. The lowest BCUT2D eigenvalue weighted by molar-refractivity contribution is -0.131. The Labute approximate surface area is 138 Å². The Morgan fingerprint density at radius 2 is 1.65 bits per heavy atom. The highest BCUT2D eigenvalue weighted by molar-refractivity contribution is 5.86. The van der Waals surface area contributed by atoms with Gasteiger partial charge in [-0.05, 0) is 41.0 Å². The van der Waals surface area contributed by atoms with Gasteiger partial charge in [-0.1, -0.05) is 41.5 Å². The highest BCUT2D eigenvalue weighted by Gasteiger charge is 2.31. The summed E-state index contributed by atoms with van der Waals surface area (Å²) in [5.41, 5.74) is 1.87. The largest absolute Gasteiger partial charge is 0.507 e. The fraction of sp³-hybridized carbons (Fsp3) is 0.526. The van der Waals surface area contributed by atoms with E-state index in [1.54, 1.807) is 13.0 Å². The first kappa shape index (κ1) is 19.2. The van der Waals surface area contributed by atoms with Crippen molar-refractivity contribution in [3.05, 3.63) is 34.4 Å². The second-order valence-electron chi connectivity index (χ2n) is 8.00. The predicted octanol–water partition coefficient (Wildman–Crippen LogP) is 4.14. The van der Waals surface area contributed by atoms with Gasteiger partial charge in [0.15, 0.2) is 0 Å². The number of phenolic OH excluding ortho intramolecular Hbond substituents is 1. The zero-order valence-corrected chi connectivity index (χ0v) is 15.1. The van der Waals surface area contributed by atoms with Crippen LogP contribution in [-0.2, 0) is 15.6 Å². The molecule has 0 heterocycles. The fourth-order valence-electron chi connectivity index (χ4n) is 2.79. The van der Waals surface area contributed by atoms with Crippen LogP contribution in [0.4, 0.5) is 0 Å². The number of benzene rings is 1. The third kappa shape index (κ3) is 4.35. The highest BCUT2D eigenvalue weighted by Crippen LogP contribution is 2.44. The molecule has 4 heteroatoms. The zero-order chi connectivity index (χ0) is 18.2. The minimum Gasteiger partial charge on any atom is -0.507 e. The first-order chi connectivity index (χ1) is 10.3. The number of carboxylic acid groups (broad SMARTS) is 1. The minimum absolute atomic E-state index is 0.174. The molecule has 0 spiro atoms. The van der Waals surface area contributed by atoms with E-state index >= 15 is 0 Å². The number of rotatable bonds is 3. The average molecular weight is 320 g/mol. The van der Waals surface area contributed by atoms with Gasteiger partial charge < -0.3 is 15.3 Å². The lowest BCUT2D eigenvalue weighted by atomic mass is 9.74. The van der Waals surface area contributed by atoms with E-state index in [2.05, 4.69) is 0 Å². The maximum Gasteiger partial charge on any atom is 0.328 e. The molecule has 128 valence electrons. The molecule has 3 N–H and O–H groups in total. The number of aliphatic carboxylic acids is 1. The van der Waals surface area contributed by atoms with Crippen molar-refractivity contribution in [3.63, 3.8) is 0 Å². The van der Waals surface area contributed by atoms with Gasteiger partial charge in [-0.3, -0.25) is 0 Å². The van der Waals surface area contributed by atoms with E-state index in [0.29, 0.717) is 16.7 Å². The van der Waals surface area contributed by atoms with Crippen molar-refractivity contribution in [2.24, 2.45) is 0 Å². The number of aromatic hydroxyl groups is 1. The molecule has 1 atom stereocenters. The van der Waals surface area contributed by atoms with Crippen LogP contribution in [0.2, 0.25) is 0 Å². The SMILES string of the molecule is CC(O)c1c(C=CC(=O)O)cc(C(C)(C)C)c(O)c1C(C)(C)C. The van der Waals surface area contributed by atoms with Crippen molar-refractivity contribution in [3.8, 4) is 5.75 Å². The summed E-state index contributed by atoms with van der Waals surface area (Å²) < 4.78 is 0. The summed E-state index contributed by atoms with van der Waals surface area (Å²) in [6, 6.07) is 1.77. The zero-order valence-electron chi connectivity index (χ0n) is 15.1. The molecule has 1 aromatic carbocycles. The maximum atomic E-state index is 10.9. The summed E-state index contributed by atoms with van der Waals surface area (Å²) >= 11 is 0. The Morgan fingerprint density at radius 1 is 1.13 bits per heavy atom. The van der Waals surface area contributed by atoms with Crippen LogP contribution in [0.3, 0.4) is 0 Å². The number of hydrogen-bond acceptors (Lipinski definition) is 3. The molecule has 0 saturated heterocycles. The number of phenols is 1. The molecule has 4 nitrogen and oxygen atoms in total. The Kier molecular flexibility index (Phi) is 5.32. The Morgan fingerprint density at radius 3 is 2.00 bits per heavy atom. The van der Waals surface area contributed by atoms with Crippen molar-refractivity contribution in [2.45, 2.75) is 65.4 Å². The molecule has 0 aliphatic heterocycles. The smallest absolute Gasteiger partial charge is 0.328 e. The number of aliphatic hydroxyl groups excluding tert-OH is 1. The van der Waals surface area contributed by atoms with Crippen LogP contribution in [0.15, 0.2) is 12.1 Å². The summed E-state index contributed by atoms with van der Waals surface area (Å²) in [4.78, 5) is 10.9. The van der Waals surface area contributed by atoms with Gasteiger partial charge in [0, 0.05) is 17.2 Å². The molecule has 0 radical (unpaired) electrons. The number of aliphatic hydroxyl groups is 1. The molecule has 1 unspecified atom stereocenters. The standard InChI is InChI=1S/C19H28O4/c1-11(20)15-12(8-9-14(21)22)10-13(18(2,3)4)17(23)16(15)19(5,6)7/h8-11,20,23H,1-7H3,(H,21,22). The van der Waals surface area contributed by atoms with E-state index in [9.17, 15) is 15.0 Å². The highest BCUT2D eigenvalue weighted by atomic mass is 16.4. The molecule has 0 amide bonds. The van der Waals surface area contributed by atoms with Gasteiger partial charge in [0.2, 0.25) is 0 Å². The summed E-state index contributed by atoms with van der Waals surface area (Å²) in [5.74, 6) is -0.877. The van der Waals surface area contributed by atoms with Crippen LogP contribution < -0.4 is 0 Å². The van der Waals surface area contributed by atoms with Gasteiger partial charge in [0.05, 0.1) is 6.10 Å². The lowest BCUT2D eigenvalue weighted by Crippen LogP contribution is -2.21. The maximum absolute atomic E-state index is 10.9. The Balaban J connectivity index is 3.91. The summed E-state index contributed by atoms with van der Waals surface area (Å²) in [7, 11) is 0. The van der Waals surface area contributed by atoms with E-state index in [4.69, 9.17) is 5.11 Å². The van der Waals surface area contributed by atoms with Gasteiger partial charge in [-0.25, -0.2) is 4.79 Å². The molecule has 23 heavy (non-hydrogen) atoms. The van der Waals surface area contributed by atoms with Gasteiger partial charge in [0.1, 0.15) is 5.75 Å². The van der Waals surface area contributed by atoms with Crippen molar-refractivity contribution in [2.75, 3.05) is 0 Å². The van der Waals surface area contributed by atoms with Crippen LogP contribution in [0.25, 0.3) is 6.08 Å². The summed E-state index contributed by atoms with van der Waals surface area (Å²) in [6.45, 7) is 13.5. The van der Waals surface area contributed by atoms with Gasteiger partial charge in [0.25, 0.3) is 0 Å². The number of carboxylic acids is 1. The normalized spacial score (nSPS) is 14.3. The van der Waals surface area contributed by atoms with Crippen molar-refractivity contribution < 1.29 is 20.1 Å². The summed E-state index contributed by atoms with van der Waals surface area (Å²) in [5, 5.41) is 30.0. The monoisotopic (exact) mass is 320 g/mol. The van der Waals surface area contributed by atoms with E-state index in [-0.39, 0.29) is 11.2 Å². The Bertz CT molecular complexity index is 626. The first-order valence-electron chi connectivity index (χ1n) is 7.76. The molecule has 0 aromatic heterocycles. The van der Waals surface area contributed by atoms with E-state index in [0.717, 1.165) is 11.6 Å². The van der Waals surface area contributed by atoms with Gasteiger partial charge in [-0.15, -0.1) is 0 Å².